The fraction of sp³-hybridized carbons (Fsp3) is 0.0870. The highest BCUT2D eigenvalue weighted by molar-refractivity contribution is 6.29. The Morgan fingerprint density at radius 2 is 1.97 bits per heavy atom. The molecule has 3 aromatic heterocycles. The summed E-state index contributed by atoms with van der Waals surface area (Å²) in [7, 11) is 0. The molecular formula is C23H15ClFN5O3. The molecule has 164 valence electrons. The third kappa shape index (κ3) is 4.24. The predicted octanol–water partition coefficient (Wildman–Crippen LogP) is 4.04. The second-order valence-corrected chi connectivity index (χ2v) is 7.53. The lowest BCUT2D eigenvalue weighted by atomic mass is 10.1. The fourth-order valence-corrected chi connectivity index (χ4v) is 3.55. The number of halogens is 2. The van der Waals surface area contributed by atoms with Gasteiger partial charge in [0.05, 0.1) is 23.0 Å². The number of hydrogen-bond donors (Lipinski definition) is 2. The molecule has 3 heterocycles. The number of aromatic nitrogens is 3. The van der Waals surface area contributed by atoms with Gasteiger partial charge < -0.3 is 10.4 Å². The first kappa shape index (κ1) is 21.9. The van der Waals surface area contributed by atoms with Crippen LogP contribution in [0.4, 0.5) is 10.1 Å². The van der Waals surface area contributed by atoms with Gasteiger partial charge in [0.15, 0.2) is 5.69 Å². The summed E-state index contributed by atoms with van der Waals surface area (Å²) in [6.07, 6.45) is 1.05. The molecule has 0 fully saturated rings. The van der Waals surface area contributed by atoms with E-state index in [0.29, 0.717) is 27.9 Å². The highest BCUT2D eigenvalue weighted by Gasteiger charge is 2.17. The number of aromatic carboxylic acids is 1. The quantitative estimate of drug-likeness (QED) is 0.428. The first-order valence-corrected chi connectivity index (χ1v) is 10.0. The van der Waals surface area contributed by atoms with Crippen LogP contribution in [0.2, 0.25) is 5.15 Å². The van der Waals surface area contributed by atoms with Crippen molar-refractivity contribution in [2.75, 3.05) is 5.32 Å². The molecule has 0 radical (unpaired) electrons. The van der Waals surface area contributed by atoms with E-state index < -0.39 is 17.3 Å². The van der Waals surface area contributed by atoms with E-state index >= 15 is 0 Å². The maximum atomic E-state index is 14.3. The molecule has 0 atom stereocenters. The van der Waals surface area contributed by atoms with Crippen molar-refractivity contribution in [3.05, 3.63) is 92.4 Å². The summed E-state index contributed by atoms with van der Waals surface area (Å²) in [6, 6.07) is 12.7. The summed E-state index contributed by atoms with van der Waals surface area (Å²) in [5.41, 5.74) is 1.79. The Labute approximate surface area is 191 Å². The standard InChI is InChI=1S/C23H15ClFN5O3/c1-12-19(14-4-2-13(9-26)3-5-14)29-21-15(8-16(25)11-30(21)22(12)31)10-27-17-6-7-18(24)28-20(17)23(32)33/h2-8,11,27H,10H2,1H3,(H,32,33). The molecule has 10 heteroatoms. The fourth-order valence-electron chi connectivity index (χ4n) is 3.40. The molecule has 0 aliphatic rings. The zero-order chi connectivity index (χ0) is 23.7. The molecule has 0 unspecified atom stereocenters. The maximum absolute atomic E-state index is 14.3. The van der Waals surface area contributed by atoms with Crippen LogP contribution in [-0.4, -0.2) is 25.4 Å². The van der Waals surface area contributed by atoms with Crippen LogP contribution in [0.15, 0.2) is 53.5 Å². The minimum absolute atomic E-state index is 0.0184. The number of hydrogen-bond acceptors (Lipinski definition) is 6. The highest BCUT2D eigenvalue weighted by atomic mass is 35.5. The number of benzene rings is 1. The average Bonchev–Trinajstić information content (AvgIpc) is 2.80. The van der Waals surface area contributed by atoms with E-state index in [2.05, 4.69) is 15.3 Å². The van der Waals surface area contributed by atoms with Gasteiger partial charge in [-0.15, -0.1) is 0 Å². The van der Waals surface area contributed by atoms with Crippen LogP contribution in [-0.2, 0) is 6.54 Å². The average molecular weight is 464 g/mol. The lowest BCUT2D eigenvalue weighted by Crippen LogP contribution is -2.21. The lowest BCUT2D eigenvalue weighted by molar-refractivity contribution is 0.0691. The molecule has 2 N–H and O–H groups in total. The summed E-state index contributed by atoms with van der Waals surface area (Å²) >= 11 is 5.79. The van der Waals surface area contributed by atoms with Gasteiger partial charge in [-0.1, -0.05) is 23.7 Å². The van der Waals surface area contributed by atoms with Crippen LogP contribution in [0.3, 0.4) is 0 Å². The first-order chi connectivity index (χ1) is 15.8. The Bertz CT molecular complexity index is 1510. The van der Waals surface area contributed by atoms with Crippen LogP contribution >= 0.6 is 11.6 Å². The van der Waals surface area contributed by atoms with Crippen LogP contribution in [0.1, 0.15) is 27.2 Å². The number of carbonyl (C=O) groups is 1. The normalized spacial score (nSPS) is 10.7. The number of rotatable bonds is 5. The molecule has 0 bridgehead atoms. The molecule has 1 aromatic carbocycles. The Kier molecular flexibility index (Phi) is 5.77. The summed E-state index contributed by atoms with van der Waals surface area (Å²) < 4.78 is 15.5. The van der Waals surface area contributed by atoms with E-state index in [4.69, 9.17) is 16.9 Å². The SMILES string of the molecule is Cc1c(-c2ccc(C#N)cc2)nc2c(CNc3ccc(Cl)nc3C(=O)O)cc(F)cn2c1=O. The van der Waals surface area contributed by atoms with Crippen LogP contribution in [0.25, 0.3) is 16.9 Å². The van der Waals surface area contributed by atoms with Gasteiger partial charge in [0.25, 0.3) is 5.56 Å². The maximum Gasteiger partial charge on any atom is 0.356 e. The summed E-state index contributed by atoms with van der Waals surface area (Å²) in [4.78, 5) is 32.9. The van der Waals surface area contributed by atoms with Gasteiger partial charge in [0, 0.05) is 29.4 Å². The minimum Gasteiger partial charge on any atom is -0.476 e. The second-order valence-electron chi connectivity index (χ2n) is 7.15. The van der Waals surface area contributed by atoms with Gasteiger partial charge in [-0.05, 0) is 37.3 Å². The Hall–Kier alpha value is -4.29. The van der Waals surface area contributed by atoms with Gasteiger partial charge >= 0.3 is 5.97 Å². The van der Waals surface area contributed by atoms with Crippen molar-refractivity contribution in [2.45, 2.75) is 13.5 Å². The zero-order valence-corrected chi connectivity index (χ0v) is 17.9. The molecule has 0 aliphatic heterocycles. The van der Waals surface area contributed by atoms with Crippen LogP contribution < -0.4 is 10.9 Å². The van der Waals surface area contributed by atoms with Gasteiger partial charge in [-0.2, -0.15) is 5.26 Å². The molecule has 4 aromatic rings. The van der Waals surface area contributed by atoms with Crippen molar-refractivity contribution in [1.82, 2.24) is 14.4 Å². The number of anilines is 1. The van der Waals surface area contributed by atoms with E-state index in [-0.39, 0.29) is 28.7 Å². The van der Waals surface area contributed by atoms with Crippen molar-refractivity contribution in [3.8, 4) is 17.3 Å². The molecule has 0 saturated carbocycles. The minimum atomic E-state index is -1.28. The number of nitrogens with zero attached hydrogens (tertiary/aromatic N) is 4. The second kappa shape index (κ2) is 8.68. The van der Waals surface area contributed by atoms with Crippen LogP contribution in [0, 0.1) is 24.1 Å². The van der Waals surface area contributed by atoms with Gasteiger partial charge in [-0.3, -0.25) is 9.20 Å². The Morgan fingerprint density at radius 3 is 2.64 bits per heavy atom. The summed E-state index contributed by atoms with van der Waals surface area (Å²) in [5.74, 6) is -1.93. The van der Waals surface area contributed by atoms with Gasteiger partial charge in [0.1, 0.15) is 16.6 Å². The van der Waals surface area contributed by atoms with Crippen molar-refractivity contribution in [2.24, 2.45) is 0 Å². The van der Waals surface area contributed by atoms with Gasteiger partial charge in [-0.25, -0.2) is 19.2 Å². The van der Waals surface area contributed by atoms with Crippen molar-refractivity contribution in [1.29, 1.82) is 5.26 Å². The van der Waals surface area contributed by atoms with E-state index in [0.717, 1.165) is 10.6 Å². The Balaban J connectivity index is 1.82. The van der Waals surface area contributed by atoms with Crippen molar-refractivity contribution in [3.63, 3.8) is 0 Å². The summed E-state index contributed by atoms with van der Waals surface area (Å²) in [6.45, 7) is 1.56. The van der Waals surface area contributed by atoms with Crippen LogP contribution in [0.5, 0.6) is 0 Å². The molecule has 33 heavy (non-hydrogen) atoms. The molecule has 0 saturated heterocycles. The molecule has 0 amide bonds. The zero-order valence-electron chi connectivity index (χ0n) is 17.1. The third-order valence-corrected chi connectivity index (χ3v) is 5.22. The number of nitriles is 1. The molecular weight excluding hydrogens is 449 g/mol. The molecule has 0 spiro atoms. The molecule has 8 nitrogen and oxygen atoms in total. The number of nitrogens with one attached hydrogen (secondary N) is 1. The van der Waals surface area contributed by atoms with E-state index in [1.54, 1.807) is 31.2 Å². The third-order valence-electron chi connectivity index (χ3n) is 5.01. The van der Waals surface area contributed by atoms with E-state index in [1.807, 2.05) is 6.07 Å². The number of pyridine rings is 2. The number of carboxylic acids is 1. The van der Waals surface area contributed by atoms with Crippen molar-refractivity contribution < 1.29 is 14.3 Å². The van der Waals surface area contributed by atoms with E-state index in [1.165, 1.54) is 18.2 Å². The number of fused-ring (bicyclic) bond motifs is 1. The Morgan fingerprint density at radius 1 is 1.24 bits per heavy atom. The van der Waals surface area contributed by atoms with Crippen molar-refractivity contribution >= 4 is 28.9 Å². The molecule has 0 aliphatic carbocycles. The smallest absolute Gasteiger partial charge is 0.356 e. The molecule has 4 rings (SSSR count). The topological polar surface area (TPSA) is 120 Å². The monoisotopic (exact) mass is 463 g/mol. The predicted molar refractivity (Wildman–Crippen MR) is 120 cm³/mol. The largest absolute Gasteiger partial charge is 0.476 e. The number of carboxylic acid groups (broad SMARTS) is 1. The lowest BCUT2D eigenvalue weighted by Gasteiger charge is -2.14. The highest BCUT2D eigenvalue weighted by Crippen LogP contribution is 2.23. The first-order valence-electron chi connectivity index (χ1n) is 9.64. The summed E-state index contributed by atoms with van der Waals surface area (Å²) in [5, 5.41) is 21.3. The van der Waals surface area contributed by atoms with E-state index in [9.17, 15) is 19.1 Å². The van der Waals surface area contributed by atoms with Gasteiger partial charge in [0.2, 0.25) is 0 Å².